The Morgan fingerprint density at radius 1 is 1.03 bits per heavy atom. The van der Waals surface area contributed by atoms with Gasteiger partial charge in [-0.15, -0.1) is 0 Å². The van der Waals surface area contributed by atoms with Crippen molar-refractivity contribution in [3.63, 3.8) is 0 Å². The number of nitrogens with one attached hydrogen (secondary N) is 1. The number of benzene rings is 2. The molecule has 2 heterocycles. The second-order valence-electron chi connectivity index (χ2n) is 7.61. The highest BCUT2D eigenvalue weighted by Gasteiger charge is 2.20. The molecule has 0 aliphatic carbocycles. The molecule has 150 valence electrons. The number of nitrogens with zero attached hydrogens (tertiary/aromatic N) is 3. The van der Waals surface area contributed by atoms with Crippen molar-refractivity contribution in [3.05, 3.63) is 76.8 Å². The van der Waals surface area contributed by atoms with Crippen LogP contribution in [-0.2, 0) is 17.9 Å². The van der Waals surface area contributed by atoms with Gasteiger partial charge in [-0.3, -0.25) is 19.1 Å². The summed E-state index contributed by atoms with van der Waals surface area (Å²) in [6, 6.07) is 18.0. The Morgan fingerprint density at radius 2 is 1.76 bits per heavy atom. The van der Waals surface area contributed by atoms with E-state index in [2.05, 4.69) is 39.5 Å². The van der Waals surface area contributed by atoms with Crippen molar-refractivity contribution in [2.24, 2.45) is 0 Å². The van der Waals surface area contributed by atoms with E-state index >= 15 is 0 Å². The summed E-state index contributed by atoms with van der Waals surface area (Å²) >= 11 is 0. The molecule has 1 aliphatic rings. The van der Waals surface area contributed by atoms with Crippen molar-refractivity contribution >= 4 is 16.8 Å². The van der Waals surface area contributed by atoms with Crippen molar-refractivity contribution < 1.29 is 4.79 Å². The molecule has 1 saturated heterocycles. The molecule has 0 radical (unpaired) electrons. The Labute approximate surface area is 170 Å². The number of rotatable bonds is 6. The lowest BCUT2D eigenvalue weighted by molar-refractivity contribution is -0.122. The molecule has 0 saturated carbocycles. The summed E-state index contributed by atoms with van der Waals surface area (Å²) in [5.74, 6) is -0.00781. The molecule has 1 fully saturated rings. The van der Waals surface area contributed by atoms with E-state index in [0.717, 1.165) is 32.5 Å². The van der Waals surface area contributed by atoms with Gasteiger partial charge in [0.15, 0.2) is 0 Å². The zero-order valence-electron chi connectivity index (χ0n) is 16.5. The van der Waals surface area contributed by atoms with E-state index in [9.17, 15) is 9.59 Å². The van der Waals surface area contributed by atoms with Gasteiger partial charge in [0, 0.05) is 38.6 Å². The Morgan fingerprint density at radius 3 is 2.55 bits per heavy atom. The van der Waals surface area contributed by atoms with E-state index in [1.807, 2.05) is 24.3 Å². The summed E-state index contributed by atoms with van der Waals surface area (Å²) in [6.07, 6.45) is 3.72. The number of hydrogen-bond acceptors (Lipinski definition) is 4. The van der Waals surface area contributed by atoms with Gasteiger partial charge in [0.1, 0.15) is 0 Å². The zero-order valence-corrected chi connectivity index (χ0v) is 16.5. The van der Waals surface area contributed by atoms with E-state index in [1.165, 1.54) is 16.5 Å². The van der Waals surface area contributed by atoms with Crippen LogP contribution in [-0.4, -0.2) is 39.5 Å². The van der Waals surface area contributed by atoms with Crippen LogP contribution in [0.5, 0.6) is 0 Å². The highest BCUT2D eigenvalue weighted by Crippen LogP contribution is 2.14. The van der Waals surface area contributed by atoms with Crippen molar-refractivity contribution in [2.75, 3.05) is 13.1 Å². The maximum atomic E-state index is 12.5. The molecule has 6 nitrogen and oxygen atoms in total. The fourth-order valence-electron chi connectivity index (χ4n) is 3.86. The molecule has 3 aromatic rings. The standard InChI is InChI=1S/C23H26N4O2/c28-22(12-15-27-17-24-21-9-5-4-8-20(21)23(27)29)25-19-10-13-26(14-11-19)16-18-6-2-1-3-7-18/h1-9,17,19H,10-16H2,(H,25,28). The lowest BCUT2D eigenvalue weighted by Gasteiger charge is -2.32. The first kappa shape index (κ1) is 19.3. The molecule has 2 aromatic carbocycles. The van der Waals surface area contributed by atoms with Gasteiger partial charge >= 0.3 is 0 Å². The average molecular weight is 390 g/mol. The Balaban J connectivity index is 1.25. The van der Waals surface area contributed by atoms with Crippen molar-refractivity contribution in [1.82, 2.24) is 19.8 Å². The lowest BCUT2D eigenvalue weighted by Crippen LogP contribution is -2.44. The molecule has 29 heavy (non-hydrogen) atoms. The minimum Gasteiger partial charge on any atom is -0.353 e. The quantitative estimate of drug-likeness (QED) is 0.703. The summed E-state index contributed by atoms with van der Waals surface area (Å²) in [5.41, 5.74) is 1.91. The summed E-state index contributed by atoms with van der Waals surface area (Å²) in [6.45, 7) is 3.26. The fourth-order valence-corrected chi connectivity index (χ4v) is 3.86. The van der Waals surface area contributed by atoms with Crippen LogP contribution in [0, 0.1) is 0 Å². The molecule has 4 rings (SSSR count). The molecule has 0 bridgehead atoms. The zero-order chi connectivity index (χ0) is 20.1. The van der Waals surface area contributed by atoms with E-state index in [1.54, 1.807) is 6.07 Å². The number of aryl methyl sites for hydroxylation is 1. The number of fused-ring (bicyclic) bond motifs is 1. The van der Waals surface area contributed by atoms with Crippen LogP contribution in [0.3, 0.4) is 0 Å². The number of carbonyl (C=O) groups excluding carboxylic acids is 1. The van der Waals surface area contributed by atoms with Gasteiger partial charge in [0.05, 0.1) is 17.2 Å². The van der Waals surface area contributed by atoms with E-state index in [0.29, 0.717) is 17.4 Å². The summed E-state index contributed by atoms with van der Waals surface area (Å²) in [7, 11) is 0. The van der Waals surface area contributed by atoms with Gasteiger partial charge in [-0.05, 0) is 30.5 Å². The Bertz CT molecular complexity index is 1020. The van der Waals surface area contributed by atoms with Crippen LogP contribution >= 0.6 is 0 Å². The van der Waals surface area contributed by atoms with Crippen molar-refractivity contribution in [3.8, 4) is 0 Å². The predicted molar refractivity (Wildman–Crippen MR) is 114 cm³/mol. The second kappa shape index (κ2) is 9.01. The molecular formula is C23H26N4O2. The Kier molecular flexibility index (Phi) is 6.00. The number of hydrogen-bond donors (Lipinski definition) is 1. The number of para-hydroxylation sites is 1. The largest absolute Gasteiger partial charge is 0.353 e. The van der Waals surface area contributed by atoms with Crippen LogP contribution in [0.4, 0.5) is 0 Å². The first-order valence-corrected chi connectivity index (χ1v) is 10.2. The maximum Gasteiger partial charge on any atom is 0.261 e. The molecule has 1 N–H and O–H groups in total. The van der Waals surface area contributed by atoms with Crippen molar-refractivity contribution in [2.45, 2.75) is 38.4 Å². The maximum absolute atomic E-state index is 12.5. The molecule has 0 unspecified atom stereocenters. The highest BCUT2D eigenvalue weighted by molar-refractivity contribution is 5.77. The van der Waals surface area contributed by atoms with Crippen LogP contribution in [0.1, 0.15) is 24.8 Å². The number of amides is 1. The van der Waals surface area contributed by atoms with Gasteiger partial charge in [0.2, 0.25) is 5.91 Å². The minimum atomic E-state index is -0.0994. The Hall–Kier alpha value is -2.99. The third-order valence-electron chi connectivity index (χ3n) is 5.51. The molecule has 1 aliphatic heterocycles. The molecule has 6 heteroatoms. The van der Waals surface area contributed by atoms with E-state index in [-0.39, 0.29) is 23.9 Å². The highest BCUT2D eigenvalue weighted by atomic mass is 16.2. The SMILES string of the molecule is O=C(CCn1cnc2ccccc2c1=O)NC1CCN(Cc2ccccc2)CC1. The van der Waals surface area contributed by atoms with Gasteiger partial charge in [-0.25, -0.2) is 4.98 Å². The monoisotopic (exact) mass is 390 g/mol. The molecule has 1 aromatic heterocycles. The molecule has 1 amide bonds. The van der Waals surface area contributed by atoms with E-state index < -0.39 is 0 Å². The first-order valence-electron chi connectivity index (χ1n) is 10.2. The molecule has 0 atom stereocenters. The first-order chi connectivity index (χ1) is 14.2. The second-order valence-corrected chi connectivity index (χ2v) is 7.61. The van der Waals surface area contributed by atoms with Crippen LogP contribution < -0.4 is 10.9 Å². The summed E-state index contributed by atoms with van der Waals surface area (Å²) in [4.78, 5) is 31.6. The van der Waals surface area contributed by atoms with Crippen LogP contribution in [0.15, 0.2) is 65.7 Å². The topological polar surface area (TPSA) is 67.2 Å². The molecular weight excluding hydrogens is 364 g/mol. The number of carbonyl (C=O) groups is 1. The minimum absolute atomic E-state index is 0.00781. The number of aromatic nitrogens is 2. The van der Waals surface area contributed by atoms with Gasteiger partial charge < -0.3 is 5.32 Å². The van der Waals surface area contributed by atoms with Gasteiger partial charge in [-0.1, -0.05) is 42.5 Å². The fraction of sp³-hybridized carbons (Fsp3) is 0.348. The number of likely N-dealkylation sites (tertiary alicyclic amines) is 1. The summed E-state index contributed by atoms with van der Waals surface area (Å²) < 4.78 is 1.52. The van der Waals surface area contributed by atoms with Crippen LogP contribution in [0.25, 0.3) is 10.9 Å². The van der Waals surface area contributed by atoms with Crippen LogP contribution in [0.2, 0.25) is 0 Å². The lowest BCUT2D eigenvalue weighted by atomic mass is 10.0. The van der Waals surface area contributed by atoms with E-state index in [4.69, 9.17) is 0 Å². The normalized spacial score (nSPS) is 15.4. The third kappa shape index (κ3) is 4.90. The van der Waals surface area contributed by atoms with Gasteiger partial charge in [-0.2, -0.15) is 0 Å². The van der Waals surface area contributed by atoms with Gasteiger partial charge in [0.25, 0.3) is 5.56 Å². The smallest absolute Gasteiger partial charge is 0.261 e. The summed E-state index contributed by atoms with van der Waals surface area (Å²) in [5, 5.41) is 3.71. The average Bonchev–Trinajstić information content (AvgIpc) is 2.76. The third-order valence-corrected chi connectivity index (χ3v) is 5.51. The van der Waals surface area contributed by atoms with Crippen molar-refractivity contribution in [1.29, 1.82) is 0 Å². The molecule has 0 spiro atoms. The predicted octanol–water partition coefficient (Wildman–Crippen LogP) is 2.57. The number of piperidine rings is 1.